The molecule has 1 N–H and O–H groups in total. The van der Waals surface area contributed by atoms with E-state index in [1.807, 2.05) is 12.1 Å². The molecule has 1 fully saturated rings. The summed E-state index contributed by atoms with van der Waals surface area (Å²) in [6.07, 6.45) is 8.25. The van der Waals surface area contributed by atoms with Gasteiger partial charge in [-0.15, -0.1) is 0 Å². The summed E-state index contributed by atoms with van der Waals surface area (Å²) < 4.78 is 5.32. The van der Waals surface area contributed by atoms with Crippen molar-refractivity contribution < 1.29 is 4.52 Å². The summed E-state index contributed by atoms with van der Waals surface area (Å²) in [5.74, 6) is 1.34. The Hall–Kier alpha value is -1.75. The van der Waals surface area contributed by atoms with Crippen LogP contribution in [-0.4, -0.2) is 21.7 Å². The first-order valence-corrected chi connectivity index (χ1v) is 6.41. The minimum atomic E-state index is 0.229. The second kappa shape index (κ2) is 5.27. The molecular weight excluding hydrogens is 228 g/mol. The Labute approximate surface area is 106 Å². The third-order valence-electron chi connectivity index (χ3n) is 3.24. The summed E-state index contributed by atoms with van der Waals surface area (Å²) in [6.45, 7) is 1.03. The predicted octanol–water partition coefficient (Wildman–Crippen LogP) is 2.34. The number of nitrogens with one attached hydrogen (secondary N) is 1. The Morgan fingerprint density at radius 3 is 2.94 bits per heavy atom. The Morgan fingerprint density at radius 2 is 2.06 bits per heavy atom. The van der Waals surface area contributed by atoms with Crippen LogP contribution in [0, 0.1) is 0 Å². The van der Waals surface area contributed by atoms with E-state index in [-0.39, 0.29) is 6.04 Å². The summed E-state index contributed by atoms with van der Waals surface area (Å²) in [4.78, 5) is 8.46. The summed E-state index contributed by atoms with van der Waals surface area (Å²) in [6, 6.07) is 3.97. The maximum atomic E-state index is 5.32. The molecule has 5 heteroatoms. The molecule has 2 aromatic heterocycles. The van der Waals surface area contributed by atoms with E-state index in [2.05, 4.69) is 20.4 Å². The lowest BCUT2D eigenvalue weighted by Crippen LogP contribution is -2.21. The molecule has 1 unspecified atom stereocenters. The van der Waals surface area contributed by atoms with Gasteiger partial charge in [-0.05, 0) is 31.5 Å². The van der Waals surface area contributed by atoms with Crippen LogP contribution in [0.25, 0.3) is 11.5 Å². The smallest absolute Gasteiger partial charge is 0.258 e. The van der Waals surface area contributed by atoms with Crippen LogP contribution in [0.3, 0.4) is 0 Å². The Kier molecular flexibility index (Phi) is 3.32. The molecule has 3 heterocycles. The third kappa shape index (κ3) is 2.41. The summed E-state index contributed by atoms with van der Waals surface area (Å²) in [5, 5.41) is 7.55. The first-order chi connectivity index (χ1) is 8.93. The van der Waals surface area contributed by atoms with Gasteiger partial charge in [-0.3, -0.25) is 4.98 Å². The molecule has 3 rings (SSSR count). The van der Waals surface area contributed by atoms with Crippen LogP contribution in [0.4, 0.5) is 0 Å². The Balaban J connectivity index is 1.80. The Morgan fingerprint density at radius 1 is 1.17 bits per heavy atom. The lowest BCUT2D eigenvalue weighted by molar-refractivity contribution is 0.402. The van der Waals surface area contributed by atoms with Crippen LogP contribution in [0.5, 0.6) is 0 Å². The number of aromatic nitrogens is 3. The van der Waals surface area contributed by atoms with Crippen molar-refractivity contribution in [2.24, 2.45) is 0 Å². The number of nitrogens with zero attached hydrogens (tertiary/aromatic N) is 3. The van der Waals surface area contributed by atoms with E-state index in [1.54, 1.807) is 12.4 Å². The number of hydrogen-bond donors (Lipinski definition) is 1. The summed E-state index contributed by atoms with van der Waals surface area (Å²) in [7, 11) is 0. The highest BCUT2D eigenvalue weighted by Gasteiger charge is 2.19. The van der Waals surface area contributed by atoms with E-state index in [9.17, 15) is 0 Å². The molecular formula is C13H16N4O. The summed E-state index contributed by atoms with van der Waals surface area (Å²) >= 11 is 0. The first kappa shape index (κ1) is 11.3. The first-order valence-electron chi connectivity index (χ1n) is 6.41. The molecule has 0 radical (unpaired) electrons. The second-order valence-corrected chi connectivity index (χ2v) is 4.55. The van der Waals surface area contributed by atoms with Gasteiger partial charge >= 0.3 is 0 Å². The number of rotatable bonds is 2. The molecule has 0 aliphatic carbocycles. The van der Waals surface area contributed by atoms with Gasteiger partial charge in [0.1, 0.15) is 0 Å². The van der Waals surface area contributed by atoms with Crippen LogP contribution in [0.1, 0.15) is 37.5 Å². The van der Waals surface area contributed by atoms with Gasteiger partial charge < -0.3 is 9.84 Å². The monoisotopic (exact) mass is 244 g/mol. The van der Waals surface area contributed by atoms with Crippen molar-refractivity contribution in [3.63, 3.8) is 0 Å². The molecule has 0 aromatic carbocycles. The molecule has 2 aromatic rings. The SMILES string of the molecule is c1cc(-c2nc(C3CCCCCN3)no2)ccn1. The second-order valence-electron chi connectivity index (χ2n) is 4.55. The molecule has 0 saturated carbocycles. The van der Waals surface area contributed by atoms with Crippen LogP contribution >= 0.6 is 0 Å². The molecule has 94 valence electrons. The fourth-order valence-corrected chi connectivity index (χ4v) is 2.24. The zero-order valence-corrected chi connectivity index (χ0v) is 10.2. The van der Waals surface area contributed by atoms with Crippen molar-refractivity contribution in [2.75, 3.05) is 6.54 Å². The number of hydrogen-bond acceptors (Lipinski definition) is 5. The standard InChI is InChI=1S/C13H16N4O/c1-2-4-11(15-7-3-1)12-16-13(18-17-12)10-5-8-14-9-6-10/h5-6,8-9,11,15H,1-4,7H2. The molecule has 5 nitrogen and oxygen atoms in total. The van der Waals surface area contributed by atoms with Gasteiger partial charge in [0.15, 0.2) is 5.82 Å². The van der Waals surface area contributed by atoms with E-state index in [0.717, 1.165) is 24.4 Å². The molecule has 0 spiro atoms. The van der Waals surface area contributed by atoms with Crippen molar-refractivity contribution >= 4 is 0 Å². The van der Waals surface area contributed by atoms with Crippen LogP contribution in [0.15, 0.2) is 29.0 Å². The van der Waals surface area contributed by atoms with Gasteiger partial charge in [0, 0.05) is 18.0 Å². The van der Waals surface area contributed by atoms with Crippen molar-refractivity contribution in [3.05, 3.63) is 30.4 Å². The predicted molar refractivity (Wildman–Crippen MR) is 66.7 cm³/mol. The van der Waals surface area contributed by atoms with Gasteiger partial charge in [-0.2, -0.15) is 4.98 Å². The van der Waals surface area contributed by atoms with Crippen LogP contribution in [-0.2, 0) is 0 Å². The minimum absolute atomic E-state index is 0.229. The third-order valence-corrected chi connectivity index (χ3v) is 3.24. The van der Waals surface area contributed by atoms with Gasteiger partial charge in [0.2, 0.25) is 0 Å². The molecule has 1 aliphatic heterocycles. The largest absolute Gasteiger partial charge is 0.334 e. The van der Waals surface area contributed by atoms with Gasteiger partial charge in [0.25, 0.3) is 5.89 Å². The van der Waals surface area contributed by atoms with Gasteiger partial charge in [-0.25, -0.2) is 0 Å². The maximum absolute atomic E-state index is 5.32. The highest BCUT2D eigenvalue weighted by atomic mass is 16.5. The van der Waals surface area contributed by atoms with Gasteiger partial charge in [-0.1, -0.05) is 18.0 Å². The molecule has 0 bridgehead atoms. The molecule has 1 aliphatic rings. The molecule has 18 heavy (non-hydrogen) atoms. The van der Waals surface area contributed by atoms with Crippen molar-refractivity contribution in [3.8, 4) is 11.5 Å². The number of pyridine rings is 1. The maximum Gasteiger partial charge on any atom is 0.258 e. The van der Waals surface area contributed by atoms with E-state index in [4.69, 9.17) is 4.52 Å². The molecule has 0 amide bonds. The quantitative estimate of drug-likeness (QED) is 0.878. The topological polar surface area (TPSA) is 63.8 Å². The zero-order chi connectivity index (χ0) is 12.2. The average molecular weight is 244 g/mol. The molecule has 1 atom stereocenters. The van der Waals surface area contributed by atoms with Crippen molar-refractivity contribution in [2.45, 2.75) is 31.7 Å². The van der Waals surface area contributed by atoms with E-state index in [1.165, 1.54) is 19.3 Å². The normalized spacial score (nSPS) is 20.6. The lowest BCUT2D eigenvalue weighted by Gasteiger charge is -2.09. The van der Waals surface area contributed by atoms with E-state index >= 15 is 0 Å². The van der Waals surface area contributed by atoms with Crippen molar-refractivity contribution in [1.29, 1.82) is 0 Å². The zero-order valence-electron chi connectivity index (χ0n) is 10.2. The van der Waals surface area contributed by atoms with Crippen molar-refractivity contribution in [1.82, 2.24) is 20.4 Å². The van der Waals surface area contributed by atoms with Crippen LogP contribution in [0.2, 0.25) is 0 Å². The van der Waals surface area contributed by atoms with Gasteiger partial charge in [0.05, 0.1) is 6.04 Å². The fraction of sp³-hybridized carbons (Fsp3) is 0.462. The summed E-state index contributed by atoms with van der Waals surface area (Å²) in [5.41, 5.74) is 0.914. The minimum Gasteiger partial charge on any atom is -0.334 e. The van der Waals surface area contributed by atoms with E-state index in [0.29, 0.717) is 5.89 Å². The molecule has 1 saturated heterocycles. The highest BCUT2D eigenvalue weighted by molar-refractivity contribution is 5.51. The van der Waals surface area contributed by atoms with Crippen LogP contribution < -0.4 is 5.32 Å². The fourth-order valence-electron chi connectivity index (χ4n) is 2.24. The Bertz CT molecular complexity index is 489. The van der Waals surface area contributed by atoms with E-state index < -0.39 is 0 Å². The highest BCUT2D eigenvalue weighted by Crippen LogP contribution is 2.23. The lowest BCUT2D eigenvalue weighted by atomic mass is 10.1. The average Bonchev–Trinajstić information content (AvgIpc) is 2.76.